The number of methoxy groups -OCH3 is 1. The molecule has 0 unspecified atom stereocenters. The lowest BCUT2D eigenvalue weighted by Gasteiger charge is -2.26. The van der Waals surface area contributed by atoms with Gasteiger partial charge < -0.3 is 19.5 Å². The number of nitrogens with zero attached hydrogens (tertiary/aromatic N) is 1. The van der Waals surface area contributed by atoms with Crippen molar-refractivity contribution >= 4 is 17.5 Å². The predicted molar refractivity (Wildman–Crippen MR) is 113 cm³/mol. The van der Waals surface area contributed by atoms with Crippen molar-refractivity contribution in [3.05, 3.63) is 58.1 Å². The largest absolute Gasteiger partial charge is 0.493 e. The highest BCUT2D eigenvalue weighted by Gasteiger charge is 2.14. The smallest absolute Gasteiger partial charge is 0.251 e. The molecule has 1 fully saturated rings. The monoisotopic (exact) mass is 418 g/mol. The summed E-state index contributed by atoms with van der Waals surface area (Å²) in [5, 5.41) is 3.41. The Morgan fingerprint density at radius 3 is 2.72 bits per heavy atom. The van der Waals surface area contributed by atoms with Crippen molar-refractivity contribution in [3.63, 3.8) is 0 Å². The minimum absolute atomic E-state index is 0.127. The van der Waals surface area contributed by atoms with Crippen LogP contribution in [-0.2, 0) is 17.8 Å². The number of benzene rings is 2. The molecule has 0 aliphatic carbocycles. The Morgan fingerprint density at radius 2 is 2.00 bits per heavy atom. The van der Waals surface area contributed by atoms with Gasteiger partial charge in [-0.1, -0.05) is 23.7 Å². The average Bonchev–Trinajstić information content (AvgIpc) is 2.74. The highest BCUT2D eigenvalue weighted by atomic mass is 35.5. The van der Waals surface area contributed by atoms with Gasteiger partial charge in [0.15, 0.2) is 11.5 Å². The van der Waals surface area contributed by atoms with Crippen LogP contribution in [0.4, 0.5) is 0 Å². The zero-order valence-electron chi connectivity index (χ0n) is 16.9. The molecule has 0 bridgehead atoms. The number of morpholine rings is 1. The summed E-state index contributed by atoms with van der Waals surface area (Å²) in [6, 6.07) is 11.3. The molecule has 156 valence electrons. The second kappa shape index (κ2) is 10.5. The molecule has 0 atom stereocenters. The molecule has 1 aliphatic heterocycles. The van der Waals surface area contributed by atoms with E-state index in [-0.39, 0.29) is 5.91 Å². The summed E-state index contributed by atoms with van der Waals surface area (Å²) in [6.07, 6.45) is 0. The Balaban J connectivity index is 1.63. The highest BCUT2D eigenvalue weighted by molar-refractivity contribution is 6.32. The summed E-state index contributed by atoms with van der Waals surface area (Å²) in [7, 11) is 1.57. The van der Waals surface area contributed by atoms with Crippen LogP contribution in [0.5, 0.6) is 11.5 Å². The second-order valence-electron chi connectivity index (χ2n) is 6.81. The number of halogens is 1. The van der Waals surface area contributed by atoms with Crippen molar-refractivity contribution in [2.24, 2.45) is 0 Å². The van der Waals surface area contributed by atoms with Gasteiger partial charge in [0, 0.05) is 31.7 Å². The summed E-state index contributed by atoms with van der Waals surface area (Å²) >= 11 is 6.31. The summed E-state index contributed by atoms with van der Waals surface area (Å²) < 4.78 is 16.3. The Kier molecular flexibility index (Phi) is 7.75. The molecule has 2 aromatic rings. The maximum atomic E-state index is 12.6. The number of nitrogens with one attached hydrogen (secondary N) is 1. The fraction of sp³-hybridized carbons (Fsp3) is 0.409. The van der Waals surface area contributed by atoms with Gasteiger partial charge in [-0.3, -0.25) is 9.69 Å². The van der Waals surface area contributed by atoms with Gasteiger partial charge in [0.25, 0.3) is 5.91 Å². The second-order valence-corrected chi connectivity index (χ2v) is 7.22. The van der Waals surface area contributed by atoms with Gasteiger partial charge >= 0.3 is 0 Å². The summed E-state index contributed by atoms with van der Waals surface area (Å²) in [4.78, 5) is 15.0. The Hall–Kier alpha value is -2.28. The Bertz CT molecular complexity index is 838. The predicted octanol–water partition coefficient (Wildman–Crippen LogP) is 3.51. The van der Waals surface area contributed by atoms with Crippen LogP contribution < -0.4 is 14.8 Å². The van der Waals surface area contributed by atoms with Crippen LogP contribution in [0.1, 0.15) is 28.4 Å². The molecule has 1 N–H and O–H groups in total. The molecule has 1 amide bonds. The molecule has 1 saturated heterocycles. The highest BCUT2D eigenvalue weighted by Crippen LogP contribution is 2.36. The fourth-order valence-corrected chi connectivity index (χ4v) is 3.56. The van der Waals surface area contributed by atoms with Crippen LogP contribution in [0.15, 0.2) is 36.4 Å². The zero-order valence-corrected chi connectivity index (χ0v) is 17.6. The van der Waals surface area contributed by atoms with Gasteiger partial charge in [0.2, 0.25) is 0 Å². The third-order valence-electron chi connectivity index (χ3n) is 4.73. The van der Waals surface area contributed by atoms with Crippen LogP contribution in [0.25, 0.3) is 0 Å². The normalized spacial score (nSPS) is 14.4. The molecule has 0 radical (unpaired) electrons. The first kappa shape index (κ1) is 21.4. The lowest BCUT2D eigenvalue weighted by atomic mass is 10.1. The average molecular weight is 419 g/mol. The molecular weight excluding hydrogens is 392 g/mol. The maximum Gasteiger partial charge on any atom is 0.251 e. The molecule has 0 aromatic heterocycles. The van der Waals surface area contributed by atoms with Crippen molar-refractivity contribution in [2.45, 2.75) is 20.0 Å². The van der Waals surface area contributed by atoms with E-state index in [1.807, 2.05) is 37.3 Å². The minimum atomic E-state index is -0.127. The van der Waals surface area contributed by atoms with Gasteiger partial charge in [-0.05, 0) is 42.3 Å². The van der Waals surface area contributed by atoms with Crippen LogP contribution >= 0.6 is 11.6 Å². The summed E-state index contributed by atoms with van der Waals surface area (Å²) in [5.74, 6) is 0.941. The number of ether oxygens (including phenoxy) is 3. The Morgan fingerprint density at radius 1 is 1.21 bits per heavy atom. The topological polar surface area (TPSA) is 60.0 Å². The number of carbonyl (C=O) groups excluding carboxylic acids is 1. The van der Waals surface area contributed by atoms with Crippen molar-refractivity contribution in [1.29, 1.82) is 0 Å². The molecule has 0 saturated carbocycles. The zero-order chi connectivity index (χ0) is 20.6. The van der Waals surface area contributed by atoms with Crippen molar-refractivity contribution in [2.75, 3.05) is 40.0 Å². The number of rotatable bonds is 8. The molecule has 0 spiro atoms. The first-order valence-corrected chi connectivity index (χ1v) is 10.1. The standard InChI is InChI=1S/C22H27ClN2O4/c1-3-29-21-19(23)12-17(13-20(21)27-2)14-24-22(26)18-6-4-5-16(11-18)15-25-7-9-28-10-8-25/h4-6,11-13H,3,7-10,14-15H2,1-2H3,(H,24,26). The molecule has 1 heterocycles. The van der Waals surface area contributed by atoms with E-state index >= 15 is 0 Å². The van der Waals surface area contributed by atoms with E-state index in [1.165, 1.54) is 0 Å². The van der Waals surface area contributed by atoms with E-state index < -0.39 is 0 Å². The summed E-state index contributed by atoms with van der Waals surface area (Å²) in [6.45, 7) is 6.88. The van der Waals surface area contributed by atoms with Crippen molar-refractivity contribution in [3.8, 4) is 11.5 Å². The van der Waals surface area contributed by atoms with E-state index in [1.54, 1.807) is 13.2 Å². The lowest BCUT2D eigenvalue weighted by molar-refractivity contribution is 0.0342. The van der Waals surface area contributed by atoms with Gasteiger partial charge in [0.1, 0.15) is 0 Å². The molecule has 29 heavy (non-hydrogen) atoms. The van der Waals surface area contributed by atoms with Crippen LogP contribution in [0.2, 0.25) is 5.02 Å². The lowest BCUT2D eigenvalue weighted by Crippen LogP contribution is -2.35. The van der Waals surface area contributed by atoms with Gasteiger partial charge in [0.05, 0.1) is 32.0 Å². The van der Waals surface area contributed by atoms with E-state index in [0.29, 0.717) is 35.2 Å². The molecule has 3 rings (SSSR count). The first-order chi connectivity index (χ1) is 14.1. The van der Waals surface area contributed by atoms with Gasteiger partial charge in [-0.2, -0.15) is 0 Å². The van der Waals surface area contributed by atoms with Crippen LogP contribution in [0.3, 0.4) is 0 Å². The van der Waals surface area contributed by atoms with Crippen molar-refractivity contribution < 1.29 is 19.0 Å². The molecule has 6 nitrogen and oxygen atoms in total. The van der Waals surface area contributed by atoms with Crippen molar-refractivity contribution in [1.82, 2.24) is 10.2 Å². The molecule has 7 heteroatoms. The number of carbonyl (C=O) groups is 1. The third-order valence-corrected chi connectivity index (χ3v) is 5.01. The summed E-state index contributed by atoms with van der Waals surface area (Å²) in [5.41, 5.74) is 2.60. The van der Waals surface area contributed by atoms with Gasteiger partial charge in [-0.25, -0.2) is 0 Å². The number of hydrogen-bond donors (Lipinski definition) is 1. The van der Waals surface area contributed by atoms with E-state index in [4.69, 9.17) is 25.8 Å². The third kappa shape index (κ3) is 5.85. The SMILES string of the molecule is CCOc1c(Cl)cc(CNC(=O)c2cccc(CN3CCOCC3)c2)cc1OC. The van der Waals surface area contributed by atoms with Crippen LogP contribution in [0, 0.1) is 0 Å². The van der Waals surface area contributed by atoms with E-state index in [2.05, 4.69) is 10.2 Å². The maximum absolute atomic E-state index is 12.6. The van der Waals surface area contributed by atoms with Crippen LogP contribution in [-0.4, -0.2) is 50.8 Å². The number of amides is 1. The Labute approximate surface area is 176 Å². The number of hydrogen-bond acceptors (Lipinski definition) is 5. The molecule has 2 aromatic carbocycles. The molecular formula is C22H27ClN2O4. The molecule has 1 aliphatic rings. The minimum Gasteiger partial charge on any atom is -0.493 e. The van der Waals surface area contributed by atoms with Gasteiger partial charge in [-0.15, -0.1) is 0 Å². The van der Waals surface area contributed by atoms with E-state index in [0.717, 1.165) is 44.0 Å². The van der Waals surface area contributed by atoms with E-state index in [9.17, 15) is 4.79 Å². The quantitative estimate of drug-likeness (QED) is 0.710. The first-order valence-electron chi connectivity index (χ1n) is 9.77. The fourth-order valence-electron chi connectivity index (χ4n) is 3.27.